The lowest BCUT2D eigenvalue weighted by molar-refractivity contribution is 0.0728. The number of hydrogen-bond donors (Lipinski definition) is 2. The highest BCUT2D eigenvalue weighted by Crippen LogP contribution is 2.29. The Kier molecular flexibility index (Phi) is 9.79. The number of hydrogen-bond acceptors (Lipinski definition) is 8. The van der Waals surface area contributed by atoms with Crippen molar-refractivity contribution in [2.24, 2.45) is 5.10 Å². The van der Waals surface area contributed by atoms with Gasteiger partial charge in [0.2, 0.25) is 0 Å². The number of carbonyl (C=O) groups is 2. The zero-order valence-electron chi connectivity index (χ0n) is 22.5. The van der Waals surface area contributed by atoms with Gasteiger partial charge in [0.25, 0.3) is 15.9 Å². The quantitative estimate of drug-likeness (QED) is 0.0991. The zero-order chi connectivity index (χ0) is 30.1. The van der Waals surface area contributed by atoms with E-state index in [0.717, 1.165) is 0 Å². The third-order valence-electron chi connectivity index (χ3n) is 5.70. The third-order valence-corrected chi connectivity index (χ3v) is 7.35. The summed E-state index contributed by atoms with van der Waals surface area (Å²) in [5.74, 6) is 0.105. The number of sulfonamides is 1. The molecule has 4 aromatic rings. The van der Waals surface area contributed by atoms with Crippen molar-refractivity contribution in [2.75, 3.05) is 18.4 Å². The van der Waals surface area contributed by atoms with E-state index < -0.39 is 21.9 Å². The molecule has 0 fully saturated rings. The van der Waals surface area contributed by atoms with Crippen molar-refractivity contribution in [1.29, 1.82) is 0 Å². The lowest BCUT2D eigenvalue weighted by Gasteiger charge is -2.11. The van der Waals surface area contributed by atoms with Gasteiger partial charge in [0.15, 0.2) is 11.5 Å². The molecule has 0 heterocycles. The molecule has 10 nitrogen and oxygen atoms in total. The summed E-state index contributed by atoms with van der Waals surface area (Å²) in [5.41, 5.74) is 3.88. The molecule has 42 heavy (non-hydrogen) atoms. The molecule has 4 aromatic carbocycles. The monoisotopic (exact) mass is 607 g/mol. The Hall–Kier alpha value is -4.87. The van der Waals surface area contributed by atoms with Gasteiger partial charge in [0, 0.05) is 16.3 Å². The van der Waals surface area contributed by atoms with Crippen LogP contribution in [-0.2, 0) is 10.0 Å². The summed E-state index contributed by atoms with van der Waals surface area (Å²) in [6, 6.07) is 23.0. The van der Waals surface area contributed by atoms with Crippen LogP contribution in [0.3, 0.4) is 0 Å². The van der Waals surface area contributed by atoms with Crippen LogP contribution < -0.4 is 24.4 Å². The highest BCUT2D eigenvalue weighted by molar-refractivity contribution is 7.92. The molecular formula is C30H26ClN3O7S. The molecule has 0 aliphatic heterocycles. The van der Waals surface area contributed by atoms with Crippen LogP contribution in [0.1, 0.15) is 33.2 Å². The maximum Gasteiger partial charge on any atom is 0.343 e. The Balaban J connectivity index is 1.37. The number of rotatable bonds is 11. The number of halogens is 1. The smallest absolute Gasteiger partial charge is 0.343 e. The number of esters is 1. The van der Waals surface area contributed by atoms with E-state index >= 15 is 0 Å². The maximum absolute atomic E-state index is 12.6. The van der Waals surface area contributed by atoms with Crippen LogP contribution in [0.4, 0.5) is 5.69 Å². The Labute approximate surface area is 247 Å². The molecule has 0 spiro atoms. The van der Waals surface area contributed by atoms with Gasteiger partial charge in [0.05, 0.1) is 30.4 Å². The lowest BCUT2D eigenvalue weighted by atomic mass is 10.2. The number of amides is 1. The van der Waals surface area contributed by atoms with Crippen molar-refractivity contribution < 1.29 is 32.2 Å². The minimum absolute atomic E-state index is 0.0546. The van der Waals surface area contributed by atoms with Crippen molar-refractivity contribution in [3.05, 3.63) is 113 Å². The van der Waals surface area contributed by atoms with E-state index in [9.17, 15) is 18.0 Å². The van der Waals surface area contributed by atoms with Crippen molar-refractivity contribution in [3.8, 4) is 17.2 Å². The first-order chi connectivity index (χ1) is 20.2. The molecule has 0 saturated heterocycles. The summed E-state index contributed by atoms with van der Waals surface area (Å²) in [6.07, 6.45) is 1.41. The van der Waals surface area contributed by atoms with Crippen LogP contribution >= 0.6 is 11.6 Å². The fourth-order valence-electron chi connectivity index (χ4n) is 3.59. The van der Waals surface area contributed by atoms with Crippen LogP contribution in [0.25, 0.3) is 0 Å². The molecule has 216 valence electrons. The molecule has 0 bridgehead atoms. The third kappa shape index (κ3) is 7.87. The number of benzene rings is 4. The van der Waals surface area contributed by atoms with Crippen molar-refractivity contribution in [2.45, 2.75) is 11.8 Å². The van der Waals surface area contributed by atoms with Crippen LogP contribution in [-0.4, -0.2) is 40.2 Å². The summed E-state index contributed by atoms with van der Waals surface area (Å²) in [7, 11) is -2.28. The van der Waals surface area contributed by atoms with Gasteiger partial charge in [-0.05, 0) is 103 Å². The molecule has 0 aliphatic rings. The van der Waals surface area contributed by atoms with Crippen LogP contribution in [0.5, 0.6) is 17.2 Å². The second kappa shape index (κ2) is 13.7. The predicted octanol–water partition coefficient (Wildman–Crippen LogP) is 5.53. The molecule has 0 aliphatic carbocycles. The molecular weight excluding hydrogens is 582 g/mol. The van der Waals surface area contributed by atoms with E-state index in [2.05, 4.69) is 15.2 Å². The topological polar surface area (TPSA) is 132 Å². The van der Waals surface area contributed by atoms with Gasteiger partial charge in [0.1, 0.15) is 5.75 Å². The number of hydrazone groups is 1. The normalized spacial score (nSPS) is 11.1. The predicted molar refractivity (Wildman–Crippen MR) is 159 cm³/mol. The van der Waals surface area contributed by atoms with Gasteiger partial charge in [-0.25, -0.2) is 18.6 Å². The van der Waals surface area contributed by atoms with Gasteiger partial charge < -0.3 is 14.2 Å². The van der Waals surface area contributed by atoms with Crippen molar-refractivity contribution in [3.63, 3.8) is 0 Å². The maximum atomic E-state index is 12.6. The molecule has 0 unspecified atom stereocenters. The summed E-state index contributed by atoms with van der Waals surface area (Å²) in [6.45, 7) is 2.13. The van der Waals surface area contributed by atoms with Gasteiger partial charge in [-0.15, -0.1) is 0 Å². The second-order valence-electron chi connectivity index (χ2n) is 8.59. The van der Waals surface area contributed by atoms with Gasteiger partial charge >= 0.3 is 5.97 Å². The summed E-state index contributed by atoms with van der Waals surface area (Å²) >= 11 is 5.82. The number of methoxy groups -OCH3 is 1. The molecule has 1 amide bonds. The second-order valence-corrected chi connectivity index (χ2v) is 10.7. The molecule has 0 radical (unpaired) electrons. The SMILES string of the molecule is CCOc1cc(/C=N/NC(=O)c2ccc(NS(=O)(=O)c3ccc(Cl)cc3)cc2)ccc1OC(=O)c1ccc(OC)cc1. The zero-order valence-corrected chi connectivity index (χ0v) is 24.1. The first-order valence-electron chi connectivity index (χ1n) is 12.5. The van der Waals surface area contributed by atoms with Gasteiger partial charge in [-0.2, -0.15) is 5.10 Å². The average Bonchev–Trinajstić information content (AvgIpc) is 2.99. The van der Waals surface area contributed by atoms with E-state index in [1.165, 1.54) is 61.9 Å². The van der Waals surface area contributed by atoms with E-state index in [0.29, 0.717) is 34.3 Å². The van der Waals surface area contributed by atoms with E-state index in [1.54, 1.807) is 49.4 Å². The number of anilines is 1. The Bertz CT molecular complexity index is 1690. The largest absolute Gasteiger partial charge is 0.497 e. The van der Waals surface area contributed by atoms with E-state index in [4.69, 9.17) is 25.8 Å². The van der Waals surface area contributed by atoms with Gasteiger partial charge in [-0.1, -0.05) is 11.6 Å². The fraction of sp³-hybridized carbons (Fsp3) is 0.100. The van der Waals surface area contributed by atoms with Crippen LogP contribution in [0.15, 0.2) is 101 Å². The van der Waals surface area contributed by atoms with Crippen LogP contribution in [0.2, 0.25) is 5.02 Å². The standard InChI is InChI=1S/C30H26ClN3O7S/c1-3-40-28-18-20(4-17-27(28)41-30(36)22-7-13-25(39-2)14-8-22)19-32-33-29(35)21-5-11-24(12-6-21)34-42(37,38)26-15-9-23(31)10-16-26/h4-19,34H,3H2,1-2H3,(H,33,35)/b32-19+. The highest BCUT2D eigenvalue weighted by Gasteiger charge is 2.15. The Morgan fingerprint density at radius 3 is 2.19 bits per heavy atom. The minimum Gasteiger partial charge on any atom is -0.497 e. The minimum atomic E-state index is -3.82. The number of ether oxygens (including phenoxy) is 3. The summed E-state index contributed by atoms with van der Waals surface area (Å²) < 4.78 is 43.8. The Morgan fingerprint density at radius 1 is 0.881 bits per heavy atom. The molecule has 2 N–H and O–H groups in total. The number of carbonyl (C=O) groups excluding carboxylic acids is 2. The number of nitrogens with zero attached hydrogens (tertiary/aromatic N) is 1. The molecule has 0 aromatic heterocycles. The molecule has 12 heteroatoms. The highest BCUT2D eigenvalue weighted by atomic mass is 35.5. The molecule has 4 rings (SSSR count). The molecule has 0 saturated carbocycles. The molecule has 0 atom stereocenters. The van der Waals surface area contributed by atoms with Gasteiger partial charge in [-0.3, -0.25) is 9.52 Å². The van der Waals surface area contributed by atoms with Crippen LogP contribution in [0, 0.1) is 0 Å². The summed E-state index contributed by atoms with van der Waals surface area (Å²) in [5, 5.41) is 4.40. The fourth-order valence-corrected chi connectivity index (χ4v) is 4.78. The van der Waals surface area contributed by atoms with E-state index in [1.807, 2.05) is 0 Å². The first-order valence-corrected chi connectivity index (χ1v) is 14.4. The number of nitrogens with one attached hydrogen (secondary N) is 2. The summed E-state index contributed by atoms with van der Waals surface area (Å²) in [4.78, 5) is 25.2. The lowest BCUT2D eigenvalue weighted by Crippen LogP contribution is -2.18. The average molecular weight is 608 g/mol. The first kappa shape index (κ1) is 30.1. The van der Waals surface area contributed by atoms with Crippen molar-refractivity contribution in [1.82, 2.24) is 5.43 Å². The van der Waals surface area contributed by atoms with Crippen molar-refractivity contribution >= 4 is 45.4 Å². The Morgan fingerprint density at radius 2 is 1.55 bits per heavy atom. The van der Waals surface area contributed by atoms with E-state index in [-0.39, 0.29) is 21.9 Å².